The zero-order valence-corrected chi connectivity index (χ0v) is 22.8. The van der Waals surface area contributed by atoms with Crippen LogP contribution in [0.2, 0.25) is 0 Å². The highest BCUT2D eigenvalue weighted by Crippen LogP contribution is 2.75. The third-order valence-corrected chi connectivity index (χ3v) is 12.8. The van der Waals surface area contributed by atoms with Crippen molar-refractivity contribution in [3.8, 4) is 6.07 Å². The van der Waals surface area contributed by atoms with Gasteiger partial charge >= 0.3 is 0 Å². The second kappa shape index (κ2) is 7.17. The Balaban J connectivity index is 1.64. The molecule has 0 heterocycles. The molecular weight excluding hydrogens is 434 g/mol. The highest BCUT2D eigenvalue weighted by atomic mass is 16.1. The summed E-state index contributed by atoms with van der Waals surface area (Å²) in [6.45, 7) is 15.6. The SMILES string of the molecule is CC1(C)CCC2(C=O)CCC3(C)C(C(=O)CC4C5(C)C=C(C#N)C(=O)C(C)(C)C5CCC43C)C2C1. The first-order chi connectivity index (χ1) is 16.1. The minimum atomic E-state index is -0.608. The zero-order valence-electron chi connectivity index (χ0n) is 22.8. The second-order valence-electron chi connectivity index (χ2n) is 15.0. The van der Waals surface area contributed by atoms with Crippen LogP contribution in [0.25, 0.3) is 0 Å². The summed E-state index contributed by atoms with van der Waals surface area (Å²) in [5.41, 5.74) is -1.18. The Morgan fingerprint density at radius 2 is 1.57 bits per heavy atom. The summed E-state index contributed by atoms with van der Waals surface area (Å²) in [5.74, 6) is 0.533. The lowest BCUT2D eigenvalue weighted by molar-refractivity contribution is -0.219. The molecule has 4 nitrogen and oxygen atoms in total. The van der Waals surface area contributed by atoms with E-state index in [1.165, 1.54) is 6.29 Å². The van der Waals surface area contributed by atoms with Gasteiger partial charge in [0.25, 0.3) is 0 Å². The molecule has 4 saturated carbocycles. The summed E-state index contributed by atoms with van der Waals surface area (Å²) in [4.78, 5) is 40.1. The molecule has 0 radical (unpaired) electrons. The quantitative estimate of drug-likeness (QED) is 0.405. The predicted molar refractivity (Wildman–Crippen MR) is 135 cm³/mol. The number of Topliss-reactive ketones (excluding diaryl/α,β-unsaturated/α-hetero) is 2. The average Bonchev–Trinajstić information content (AvgIpc) is 2.77. The molecule has 0 aromatic rings. The number of nitriles is 1. The van der Waals surface area contributed by atoms with Gasteiger partial charge in [-0.2, -0.15) is 5.26 Å². The number of hydrogen-bond donors (Lipinski definition) is 0. The Morgan fingerprint density at radius 3 is 2.20 bits per heavy atom. The van der Waals surface area contributed by atoms with Crippen LogP contribution in [0.3, 0.4) is 0 Å². The van der Waals surface area contributed by atoms with Crippen LogP contribution in [0.4, 0.5) is 0 Å². The molecular formula is C31H43NO3. The van der Waals surface area contributed by atoms with Crippen molar-refractivity contribution < 1.29 is 14.4 Å². The van der Waals surface area contributed by atoms with Crippen molar-refractivity contribution in [1.82, 2.24) is 0 Å². The van der Waals surface area contributed by atoms with E-state index in [1.54, 1.807) is 0 Å². The van der Waals surface area contributed by atoms with Crippen molar-refractivity contribution in [2.24, 2.45) is 56.2 Å². The van der Waals surface area contributed by atoms with Crippen LogP contribution in [-0.2, 0) is 14.4 Å². The molecule has 0 saturated heterocycles. The summed E-state index contributed by atoms with van der Waals surface area (Å²) in [6.07, 6.45) is 10.3. The van der Waals surface area contributed by atoms with Crippen LogP contribution in [-0.4, -0.2) is 17.9 Å². The summed E-state index contributed by atoms with van der Waals surface area (Å²) in [5, 5.41) is 9.84. The highest BCUT2D eigenvalue weighted by molar-refractivity contribution is 6.04. The molecule has 0 aromatic heterocycles. The van der Waals surface area contributed by atoms with Crippen LogP contribution in [0.5, 0.6) is 0 Å². The Kier molecular flexibility index (Phi) is 5.10. The third kappa shape index (κ3) is 2.93. The molecule has 0 N–H and O–H groups in total. The lowest BCUT2D eigenvalue weighted by Crippen LogP contribution is -2.68. The number of rotatable bonds is 1. The van der Waals surface area contributed by atoms with Gasteiger partial charge in [0.15, 0.2) is 5.78 Å². The van der Waals surface area contributed by atoms with E-state index in [0.717, 1.165) is 44.9 Å². The molecule has 8 atom stereocenters. The maximum atomic E-state index is 14.3. The van der Waals surface area contributed by atoms with Gasteiger partial charge in [-0.3, -0.25) is 9.59 Å². The van der Waals surface area contributed by atoms with Crippen molar-refractivity contribution in [1.29, 1.82) is 5.26 Å². The summed E-state index contributed by atoms with van der Waals surface area (Å²) in [6, 6.07) is 2.20. The molecule has 190 valence electrons. The first kappa shape index (κ1) is 24.9. The molecule has 0 aromatic carbocycles. The standard InChI is InChI=1S/C31H43NO3/c1-26(2)10-12-31(18-33)13-11-30(7)24(20(31)16-26)21(34)14-23-28(5)15-19(17-32)25(35)27(3,4)22(28)8-9-29(23,30)6/h15,18,20,22-24H,8-14,16H2,1-7H3. The van der Waals surface area contributed by atoms with Gasteiger partial charge < -0.3 is 4.79 Å². The van der Waals surface area contributed by atoms with E-state index in [0.29, 0.717) is 12.2 Å². The van der Waals surface area contributed by atoms with Crippen LogP contribution in [0.1, 0.15) is 99.8 Å². The van der Waals surface area contributed by atoms with E-state index >= 15 is 0 Å². The van der Waals surface area contributed by atoms with E-state index in [9.17, 15) is 19.6 Å². The fraction of sp³-hybridized carbons (Fsp3) is 0.806. The van der Waals surface area contributed by atoms with Gasteiger partial charge in [0, 0.05) is 23.2 Å². The first-order valence-electron chi connectivity index (χ1n) is 13.8. The van der Waals surface area contributed by atoms with E-state index in [2.05, 4.69) is 40.7 Å². The molecule has 0 aliphatic heterocycles. The van der Waals surface area contributed by atoms with Gasteiger partial charge in [0.1, 0.15) is 18.1 Å². The maximum absolute atomic E-state index is 14.3. The Hall–Kier alpha value is -1.76. The fourth-order valence-corrected chi connectivity index (χ4v) is 10.6. The molecule has 0 spiro atoms. The molecule has 0 bridgehead atoms. The van der Waals surface area contributed by atoms with Gasteiger partial charge in [-0.1, -0.05) is 54.5 Å². The molecule has 0 amide bonds. The van der Waals surface area contributed by atoms with Crippen LogP contribution >= 0.6 is 0 Å². The van der Waals surface area contributed by atoms with E-state index in [-0.39, 0.29) is 62.1 Å². The van der Waals surface area contributed by atoms with E-state index in [4.69, 9.17) is 0 Å². The van der Waals surface area contributed by atoms with Crippen LogP contribution < -0.4 is 0 Å². The Morgan fingerprint density at radius 1 is 0.914 bits per heavy atom. The minimum Gasteiger partial charge on any atom is -0.303 e. The van der Waals surface area contributed by atoms with Gasteiger partial charge in [-0.15, -0.1) is 0 Å². The van der Waals surface area contributed by atoms with Gasteiger partial charge in [-0.25, -0.2) is 0 Å². The van der Waals surface area contributed by atoms with Crippen LogP contribution in [0, 0.1) is 67.5 Å². The molecule has 5 rings (SSSR count). The Labute approximate surface area is 211 Å². The predicted octanol–water partition coefficient (Wildman–Crippen LogP) is 6.48. The number of fused-ring (bicyclic) bond motifs is 7. The monoisotopic (exact) mass is 477 g/mol. The fourth-order valence-electron chi connectivity index (χ4n) is 10.6. The summed E-state index contributed by atoms with van der Waals surface area (Å²) >= 11 is 0. The normalized spacial score (nSPS) is 49.9. The number of allylic oxidation sites excluding steroid dienone is 2. The smallest absolute Gasteiger partial charge is 0.178 e. The van der Waals surface area contributed by atoms with Crippen molar-refractivity contribution >= 4 is 17.9 Å². The molecule has 5 aliphatic carbocycles. The topological polar surface area (TPSA) is 75.0 Å². The molecule has 35 heavy (non-hydrogen) atoms. The highest BCUT2D eigenvalue weighted by Gasteiger charge is 2.72. The lowest BCUT2D eigenvalue weighted by Gasteiger charge is -2.71. The number of nitrogens with zero attached hydrogens (tertiary/aromatic N) is 1. The zero-order chi connectivity index (χ0) is 25.8. The number of carbonyl (C=O) groups excluding carboxylic acids is 3. The number of ketones is 2. The molecule has 5 aliphatic rings. The van der Waals surface area contributed by atoms with Crippen LogP contribution in [0.15, 0.2) is 11.6 Å². The van der Waals surface area contributed by atoms with Crippen molar-refractivity contribution in [3.05, 3.63) is 11.6 Å². The van der Waals surface area contributed by atoms with Crippen molar-refractivity contribution in [3.63, 3.8) is 0 Å². The van der Waals surface area contributed by atoms with E-state index in [1.807, 2.05) is 19.9 Å². The molecule has 8 unspecified atom stereocenters. The second-order valence-corrected chi connectivity index (χ2v) is 15.0. The van der Waals surface area contributed by atoms with Gasteiger partial charge in [0.05, 0.1) is 5.57 Å². The van der Waals surface area contributed by atoms with Crippen molar-refractivity contribution in [2.75, 3.05) is 0 Å². The largest absolute Gasteiger partial charge is 0.303 e. The van der Waals surface area contributed by atoms with Gasteiger partial charge in [-0.05, 0) is 84.4 Å². The maximum Gasteiger partial charge on any atom is 0.178 e. The van der Waals surface area contributed by atoms with Crippen molar-refractivity contribution in [2.45, 2.75) is 99.8 Å². The average molecular weight is 478 g/mol. The first-order valence-corrected chi connectivity index (χ1v) is 13.8. The number of carbonyl (C=O) groups is 3. The Bertz CT molecular complexity index is 1080. The minimum absolute atomic E-state index is 0.0461. The van der Waals surface area contributed by atoms with Gasteiger partial charge in [0.2, 0.25) is 0 Å². The lowest BCUT2D eigenvalue weighted by atomic mass is 9.31. The molecule has 4 heteroatoms. The van der Waals surface area contributed by atoms with E-state index < -0.39 is 5.41 Å². The number of hydrogen-bond acceptors (Lipinski definition) is 4. The number of aldehydes is 1. The summed E-state index contributed by atoms with van der Waals surface area (Å²) < 4.78 is 0. The summed E-state index contributed by atoms with van der Waals surface area (Å²) in [7, 11) is 0. The third-order valence-electron chi connectivity index (χ3n) is 12.8. The molecule has 4 fully saturated rings.